The molecule has 0 aromatic rings. The summed E-state index contributed by atoms with van der Waals surface area (Å²) >= 11 is -0.145. The molecule has 0 aliphatic carbocycles. The fourth-order valence-electron chi connectivity index (χ4n) is 2.70. The summed E-state index contributed by atoms with van der Waals surface area (Å²) in [5.74, 6) is -8.93. The summed E-state index contributed by atoms with van der Waals surface area (Å²) in [4.78, 5) is 106. The molecule has 43 heavy (non-hydrogen) atoms. The number of nitrogens with zero attached hydrogens (tertiary/aromatic N) is 4. The van der Waals surface area contributed by atoms with Gasteiger partial charge in [0.05, 0.1) is 13.1 Å². The predicted molar refractivity (Wildman–Crippen MR) is 131 cm³/mol. The largest absolute Gasteiger partial charge is 2.00 e. The molecule has 0 saturated carbocycles. The second-order valence-corrected chi connectivity index (χ2v) is 9.94. The molecule has 0 fully saturated rings. The molecule has 0 rings (SSSR count). The van der Waals surface area contributed by atoms with E-state index in [1.54, 1.807) is 0 Å². The van der Waals surface area contributed by atoms with Crippen LogP contribution in [0.3, 0.4) is 0 Å². The fourth-order valence-corrected chi connectivity index (χ4v) is 4.07. The Hall–Kier alpha value is -0.621. The van der Waals surface area contributed by atoms with Gasteiger partial charge in [0.1, 0.15) is 0 Å². The molecule has 0 spiro atoms. The average Bonchev–Trinajstić information content (AvgIpc) is 2.74. The van der Waals surface area contributed by atoms with Crippen LogP contribution in [0.4, 0.5) is 0 Å². The number of aliphatic carboxylic acids is 4. The van der Waals surface area contributed by atoms with E-state index < -0.39 is 76.1 Å². The summed E-state index contributed by atoms with van der Waals surface area (Å²) < 4.78 is -0.591. The van der Waals surface area contributed by atoms with E-state index in [1.165, 1.54) is 0 Å². The van der Waals surface area contributed by atoms with Crippen LogP contribution in [0.2, 0.25) is 0 Å². The first kappa shape index (κ1) is 49.3. The fraction of sp³-hybridized carbons (Fsp3) is 0.600. The molecule has 0 N–H and O–H groups in total. The number of hydrogen-bond donors (Lipinski definition) is 0. The van der Waals surface area contributed by atoms with E-state index in [0.717, 1.165) is 37.5 Å². The maximum absolute atomic E-state index is 10.8. The molecule has 23 heteroatoms. The summed E-state index contributed by atoms with van der Waals surface area (Å²) in [5.41, 5.74) is 0. The monoisotopic (exact) mass is 700 g/mol. The summed E-state index contributed by atoms with van der Waals surface area (Å²) in [6.07, 6.45) is 0. The molecule has 0 aromatic carbocycles. The summed E-state index contributed by atoms with van der Waals surface area (Å²) in [6, 6.07) is 0. The third kappa shape index (κ3) is 32.6. The Bertz CT molecular complexity index is 857. The van der Waals surface area contributed by atoms with Crippen molar-refractivity contribution in [2.45, 2.75) is 29.8 Å². The van der Waals surface area contributed by atoms with Crippen LogP contribution in [-0.4, -0.2) is 227 Å². The van der Waals surface area contributed by atoms with Gasteiger partial charge in [-0.3, -0.25) is 19.2 Å². The second kappa shape index (κ2) is 27.7. The quantitative estimate of drug-likeness (QED) is 0.0947. The minimum atomic E-state index is -1.51. The molecular weight excluding hydrogens is 672 g/mol. The number of carboxylic acid groups (broad SMARTS) is 4. The van der Waals surface area contributed by atoms with E-state index in [2.05, 4.69) is 19.4 Å². The van der Waals surface area contributed by atoms with Crippen molar-refractivity contribution in [2.24, 2.45) is 0 Å². The first-order valence-electron chi connectivity index (χ1n) is 11.4. The third-order valence-electron chi connectivity index (χ3n) is 3.90. The molecule has 0 aliphatic rings. The minimum absolute atomic E-state index is 0. The Kier molecular flexibility index (Phi) is 31.7. The number of carboxylic acids is 4. The third-order valence-corrected chi connectivity index (χ3v) is 5.61. The molecule has 0 amide bonds. The van der Waals surface area contributed by atoms with Crippen molar-refractivity contribution >= 4 is 159 Å². The summed E-state index contributed by atoms with van der Waals surface area (Å²) in [6.45, 7) is 1.10. The molecule has 20 nitrogen and oxygen atoms in total. The smallest absolute Gasteiger partial charge is 2.00 e. The van der Waals surface area contributed by atoms with E-state index in [1.807, 2.05) is 0 Å². The number of rotatable bonds is 18. The zero-order valence-electron chi connectivity index (χ0n) is 24.3. The zero-order valence-corrected chi connectivity index (χ0v) is 31.8. The molecule has 0 aromatic heterocycles. The molecule has 0 saturated heterocycles. The SMILES string of the molecule is CC(=O)ON(CCN(OC(C)=O)OC(C)=O)OC(C)=O.O=C([O-])CN(CC(=O)[O-])C[CH]([CaH])N(CC(=O)[O-])CC(=O)[O-].[Ca+2].[Ca+2]. The standard InChI is InChI=1S/C10H16N2O8.C10H15N2O8.3Ca.H/c1-7(13)17-11(18-8(2)14)5-6-12(19-9(3)15)20-10(4)16;13-7(14)3-11(4-8(15)16)1-2-12(5-9(17)18)6-10(19)20;;;;/h5-6H2,1-4H3;1H,2-6H2,(H,13,14)(H,15,16)(H,17,18)(H,19,20);;;;/q;;;2*+2;/p-4. The van der Waals surface area contributed by atoms with Crippen molar-refractivity contribution in [1.29, 1.82) is 0 Å². The van der Waals surface area contributed by atoms with Crippen LogP contribution in [0, 0.1) is 0 Å². The van der Waals surface area contributed by atoms with Crippen LogP contribution in [0.25, 0.3) is 0 Å². The first-order valence-corrected chi connectivity index (χ1v) is 13.2. The molecule has 0 aliphatic heterocycles. The van der Waals surface area contributed by atoms with Gasteiger partial charge < -0.3 is 19.4 Å². The Labute approximate surface area is 328 Å². The van der Waals surface area contributed by atoms with E-state index in [-0.39, 0.29) is 131 Å². The Morgan fingerprint density at radius 1 is 0.558 bits per heavy atom. The maximum atomic E-state index is 10.8. The van der Waals surface area contributed by atoms with E-state index in [0.29, 0.717) is 10.5 Å². The van der Waals surface area contributed by atoms with Gasteiger partial charge in [-0.1, -0.05) is 0 Å². The van der Waals surface area contributed by atoms with Crippen molar-refractivity contribution in [3.8, 4) is 0 Å². The Morgan fingerprint density at radius 2 is 0.814 bits per heavy atom. The average molecular weight is 701 g/mol. The predicted octanol–water partition coefficient (Wildman–Crippen LogP) is -9.44. The van der Waals surface area contributed by atoms with Crippen LogP contribution < -0.4 is 20.4 Å². The molecule has 0 bridgehead atoms. The van der Waals surface area contributed by atoms with Crippen LogP contribution in [0.1, 0.15) is 27.7 Å². The second-order valence-electron chi connectivity index (χ2n) is 7.86. The van der Waals surface area contributed by atoms with Gasteiger partial charge in [0.25, 0.3) is 0 Å². The van der Waals surface area contributed by atoms with Gasteiger partial charge in [-0.05, 0) is 0 Å². The zero-order chi connectivity index (χ0) is 32.3. The van der Waals surface area contributed by atoms with Crippen molar-refractivity contribution < 1.29 is 78.1 Å². The number of carbonyl (C=O) groups is 8. The van der Waals surface area contributed by atoms with Crippen molar-refractivity contribution in [3.63, 3.8) is 0 Å². The maximum Gasteiger partial charge on any atom is 2.00 e. The van der Waals surface area contributed by atoms with Gasteiger partial charge in [0, 0.05) is 38.1 Å². The van der Waals surface area contributed by atoms with E-state index in [9.17, 15) is 58.8 Å². The van der Waals surface area contributed by atoms with E-state index in [4.69, 9.17) is 0 Å². The van der Waals surface area contributed by atoms with Crippen LogP contribution in [0.5, 0.6) is 0 Å². The molecule has 230 valence electrons. The van der Waals surface area contributed by atoms with Crippen LogP contribution in [0.15, 0.2) is 0 Å². The minimum Gasteiger partial charge on any atom is 2.00 e. The first-order chi connectivity index (χ1) is 18.8. The van der Waals surface area contributed by atoms with Crippen LogP contribution in [-0.2, 0) is 57.7 Å². The van der Waals surface area contributed by atoms with Gasteiger partial charge in [-0.15, -0.1) is 0 Å². The van der Waals surface area contributed by atoms with Gasteiger partial charge in [0.2, 0.25) is 0 Å². The van der Waals surface area contributed by atoms with Gasteiger partial charge in [-0.2, -0.15) is 0 Å². The number of hydroxylamine groups is 4. The molecule has 0 radical (unpaired) electrons. The number of carbonyl (C=O) groups excluding carboxylic acids is 8. The van der Waals surface area contributed by atoms with Crippen molar-refractivity contribution in [2.75, 3.05) is 45.8 Å². The molecular formula is C20H28Ca3N4O16. The Balaban J connectivity index is -0.000000338. The molecule has 1 unspecified atom stereocenters. The van der Waals surface area contributed by atoms with Crippen molar-refractivity contribution in [3.05, 3.63) is 0 Å². The normalized spacial score (nSPS) is 10.7. The number of hydrogen-bond acceptors (Lipinski definition) is 20. The van der Waals surface area contributed by atoms with E-state index >= 15 is 0 Å². The van der Waals surface area contributed by atoms with Gasteiger partial charge in [-0.25, -0.2) is 0 Å². The molecule has 1 atom stereocenters. The summed E-state index contributed by atoms with van der Waals surface area (Å²) in [7, 11) is 0. The van der Waals surface area contributed by atoms with Crippen LogP contribution >= 0.6 is 0 Å². The molecule has 0 heterocycles. The summed E-state index contributed by atoms with van der Waals surface area (Å²) in [5, 5.41) is 43.3. The topological polar surface area (TPSA) is 279 Å². The Morgan fingerprint density at radius 3 is 1.02 bits per heavy atom. The van der Waals surface area contributed by atoms with Crippen molar-refractivity contribution in [1.82, 2.24) is 20.3 Å². The van der Waals surface area contributed by atoms with Gasteiger partial charge >= 0.3 is 243 Å². The van der Waals surface area contributed by atoms with Gasteiger partial charge in [0.15, 0.2) is 0 Å².